The number of hydrogen-bond donors (Lipinski definition) is 2. The van der Waals surface area contributed by atoms with Gasteiger partial charge in [0.2, 0.25) is 5.95 Å². The van der Waals surface area contributed by atoms with E-state index in [1.54, 1.807) is 0 Å². The number of benzene rings is 1. The largest absolute Gasteiger partial charge is 0.368 e. The summed E-state index contributed by atoms with van der Waals surface area (Å²) in [5.74, 6) is -2.43. The molecule has 0 unspecified atom stereocenters. The Balaban J connectivity index is 2.70. The second kappa shape index (κ2) is 3.99. The van der Waals surface area contributed by atoms with Crippen molar-refractivity contribution in [2.45, 2.75) is 5.16 Å². The van der Waals surface area contributed by atoms with E-state index in [-0.39, 0.29) is 0 Å². The lowest BCUT2D eigenvalue weighted by Crippen LogP contribution is -2.14. The lowest BCUT2D eigenvalue weighted by molar-refractivity contribution is 0.556. The van der Waals surface area contributed by atoms with Crippen LogP contribution >= 0.6 is 0 Å². The van der Waals surface area contributed by atoms with Gasteiger partial charge in [-0.2, -0.15) is 9.67 Å². The highest BCUT2D eigenvalue weighted by Crippen LogP contribution is 2.19. The van der Waals surface area contributed by atoms with Crippen LogP contribution in [0.2, 0.25) is 0 Å². The Morgan fingerprint density at radius 2 is 1.78 bits per heavy atom. The molecule has 2 rings (SSSR count). The first kappa shape index (κ1) is 12.4. The van der Waals surface area contributed by atoms with E-state index in [1.165, 1.54) is 0 Å². The molecule has 10 heteroatoms. The van der Waals surface area contributed by atoms with Crippen LogP contribution in [0.25, 0.3) is 5.69 Å². The maximum atomic E-state index is 13.5. The van der Waals surface area contributed by atoms with Crippen molar-refractivity contribution in [3.8, 4) is 5.69 Å². The fraction of sp³-hybridized carbons (Fsp3) is 0. The zero-order chi connectivity index (χ0) is 13.5. The van der Waals surface area contributed by atoms with Crippen LogP contribution in [0.3, 0.4) is 0 Å². The Morgan fingerprint density at radius 1 is 1.22 bits per heavy atom. The number of para-hydroxylation sites is 1. The molecule has 18 heavy (non-hydrogen) atoms. The van der Waals surface area contributed by atoms with Crippen LogP contribution in [0.15, 0.2) is 23.4 Å². The molecule has 0 atom stereocenters. The minimum absolute atomic E-state index is 0.497. The number of nitrogens with zero attached hydrogens (tertiary/aromatic N) is 3. The van der Waals surface area contributed by atoms with E-state index in [0.29, 0.717) is 4.68 Å². The Labute approximate surface area is 100 Å². The van der Waals surface area contributed by atoms with E-state index in [2.05, 4.69) is 10.1 Å². The summed E-state index contributed by atoms with van der Waals surface area (Å²) >= 11 is 0. The van der Waals surface area contributed by atoms with Crippen molar-refractivity contribution in [3.05, 3.63) is 29.8 Å². The molecule has 0 spiro atoms. The molecule has 0 radical (unpaired) electrons. The van der Waals surface area contributed by atoms with Gasteiger partial charge in [-0.05, 0) is 12.1 Å². The maximum Gasteiger partial charge on any atom is 0.284 e. The van der Waals surface area contributed by atoms with Crippen LogP contribution in [-0.4, -0.2) is 23.2 Å². The van der Waals surface area contributed by atoms with Crippen LogP contribution < -0.4 is 10.9 Å². The monoisotopic (exact) mass is 275 g/mol. The molecule has 2 aromatic rings. The van der Waals surface area contributed by atoms with Crippen molar-refractivity contribution >= 4 is 16.0 Å². The molecule has 96 valence electrons. The summed E-state index contributed by atoms with van der Waals surface area (Å²) in [6.45, 7) is 0. The Hall–Kier alpha value is -2.07. The van der Waals surface area contributed by atoms with E-state index < -0.39 is 38.4 Å². The van der Waals surface area contributed by atoms with Gasteiger partial charge < -0.3 is 5.73 Å². The van der Waals surface area contributed by atoms with E-state index >= 15 is 0 Å². The standard InChI is InChI=1S/C8H7F2N5O2S/c9-4-2-1-3-5(10)6(4)15-7(11)13-8(14-15)18(12,16)17/h1-3H,(H2,11,13,14)(H2,12,16,17). The van der Waals surface area contributed by atoms with Gasteiger partial charge in [0.05, 0.1) is 0 Å². The Bertz CT molecular complexity index is 692. The zero-order valence-electron chi connectivity index (χ0n) is 8.71. The number of sulfonamides is 1. The lowest BCUT2D eigenvalue weighted by Gasteiger charge is -2.04. The number of hydrogen-bond acceptors (Lipinski definition) is 5. The number of nitrogen functional groups attached to an aromatic ring is 1. The molecule has 1 aromatic carbocycles. The minimum atomic E-state index is -4.21. The highest BCUT2D eigenvalue weighted by Gasteiger charge is 2.21. The van der Waals surface area contributed by atoms with E-state index in [4.69, 9.17) is 10.9 Å². The van der Waals surface area contributed by atoms with Crippen molar-refractivity contribution in [2.75, 3.05) is 5.73 Å². The summed E-state index contributed by atoms with van der Waals surface area (Å²) in [5.41, 5.74) is 4.72. The summed E-state index contributed by atoms with van der Waals surface area (Å²) in [4.78, 5) is 3.32. The van der Waals surface area contributed by atoms with Crippen molar-refractivity contribution < 1.29 is 17.2 Å². The van der Waals surface area contributed by atoms with E-state index in [0.717, 1.165) is 18.2 Å². The molecule has 0 aliphatic rings. The summed E-state index contributed by atoms with van der Waals surface area (Å²) in [5, 5.41) is 7.33. The first-order valence-corrected chi connectivity index (χ1v) is 6.05. The predicted octanol–water partition coefficient (Wildman–Crippen LogP) is -0.225. The van der Waals surface area contributed by atoms with Gasteiger partial charge in [0.25, 0.3) is 15.2 Å². The normalized spacial score (nSPS) is 11.7. The van der Waals surface area contributed by atoms with Gasteiger partial charge in [-0.25, -0.2) is 22.3 Å². The van der Waals surface area contributed by atoms with Gasteiger partial charge in [-0.3, -0.25) is 0 Å². The molecule has 0 aliphatic heterocycles. The number of primary sulfonamides is 1. The molecule has 0 fully saturated rings. The average Bonchev–Trinajstić information content (AvgIpc) is 2.60. The van der Waals surface area contributed by atoms with E-state index in [1.807, 2.05) is 0 Å². The van der Waals surface area contributed by atoms with Gasteiger partial charge >= 0.3 is 0 Å². The van der Waals surface area contributed by atoms with Crippen LogP contribution in [0.1, 0.15) is 0 Å². The first-order valence-electron chi connectivity index (χ1n) is 4.50. The molecule has 0 saturated carbocycles. The first-order chi connectivity index (χ1) is 8.30. The second-order valence-corrected chi connectivity index (χ2v) is 4.73. The molecular weight excluding hydrogens is 268 g/mol. The number of anilines is 1. The fourth-order valence-corrected chi connectivity index (χ4v) is 1.70. The summed E-state index contributed by atoms with van der Waals surface area (Å²) in [7, 11) is -4.21. The number of rotatable bonds is 2. The highest BCUT2D eigenvalue weighted by molar-refractivity contribution is 7.89. The maximum absolute atomic E-state index is 13.5. The van der Waals surface area contributed by atoms with Gasteiger partial charge in [0, 0.05) is 0 Å². The lowest BCUT2D eigenvalue weighted by atomic mass is 10.3. The van der Waals surface area contributed by atoms with Crippen LogP contribution in [-0.2, 0) is 10.0 Å². The molecule has 0 aliphatic carbocycles. The van der Waals surface area contributed by atoms with Crippen LogP contribution in [0.5, 0.6) is 0 Å². The fourth-order valence-electron chi connectivity index (χ4n) is 1.28. The summed E-state index contributed by atoms with van der Waals surface area (Å²) in [6, 6.07) is 3.08. The SMILES string of the molecule is Nc1nc(S(N)(=O)=O)nn1-c1c(F)cccc1F. The van der Waals surface area contributed by atoms with Crippen molar-refractivity contribution in [1.29, 1.82) is 0 Å². The summed E-state index contributed by atoms with van der Waals surface area (Å²) in [6.07, 6.45) is 0. The third kappa shape index (κ3) is 2.02. The minimum Gasteiger partial charge on any atom is -0.368 e. The van der Waals surface area contributed by atoms with Gasteiger partial charge in [0.1, 0.15) is 5.69 Å². The molecule has 4 N–H and O–H groups in total. The Kier molecular flexibility index (Phi) is 2.75. The van der Waals surface area contributed by atoms with Crippen LogP contribution in [0.4, 0.5) is 14.7 Å². The number of aromatic nitrogens is 3. The predicted molar refractivity (Wildman–Crippen MR) is 57.1 cm³/mol. The van der Waals surface area contributed by atoms with Gasteiger partial charge in [0.15, 0.2) is 11.6 Å². The average molecular weight is 275 g/mol. The topological polar surface area (TPSA) is 117 Å². The summed E-state index contributed by atoms with van der Waals surface area (Å²) < 4.78 is 49.4. The van der Waals surface area contributed by atoms with E-state index in [9.17, 15) is 17.2 Å². The van der Waals surface area contributed by atoms with Gasteiger partial charge in [-0.1, -0.05) is 6.07 Å². The molecule has 0 bridgehead atoms. The third-order valence-corrected chi connectivity index (χ3v) is 2.70. The molecule has 1 heterocycles. The third-order valence-electron chi connectivity index (χ3n) is 2.02. The smallest absolute Gasteiger partial charge is 0.284 e. The van der Waals surface area contributed by atoms with Crippen molar-refractivity contribution in [1.82, 2.24) is 14.8 Å². The molecule has 1 aromatic heterocycles. The second-order valence-electron chi connectivity index (χ2n) is 3.28. The zero-order valence-corrected chi connectivity index (χ0v) is 9.53. The Morgan fingerprint density at radius 3 is 2.22 bits per heavy atom. The van der Waals surface area contributed by atoms with Crippen molar-refractivity contribution in [2.24, 2.45) is 5.14 Å². The van der Waals surface area contributed by atoms with Crippen LogP contribution in [0, 0.1) is 11.6 Å². The van der Waals surface area contributed by atoms with Gasteiger partial charge in [-0.15, -0.1) is 5.10 Å². The molecule has 7 nitrogen and oxygen atoms in total. The highest BCUT2D eigenvalue weighted by atomic mass is 32.2. The molecule has 0 amide bonds. The molecule has 0 saturated heterocycles. The molecular formula is C8H7F2N5O2S. The van der Waals surface area contributed by atoms with Crippen molar-refractivity contribution in [3.63, 3.8) is 0 Å². The number of nitrogens with two attached hydrogens (primary N) is 2. The number of halogens is 2. The quantitative estimate of drug-likeness (QED) is 0.785.